The third kappa shape index (κ3) is 3.51. The molecular weight excluding hydrogens is 290 g/mol. The molecule has 21 heavy (non-hydrogen) atoms. The minimum atomic E-state index is 0.557. The van der Waals surface area contributed by atoms with E-state index in [-0.39, 0.29) is 0 Å². The van der Waals surface area contributed by atoms with Gasteiger partial charge in [-0.1, -0.05) is 16.8 Å². The van der Waals surface area contributed by atoms with Crippen molar-refractivity contribution < 1.29 is 8.94 Å². The maximum absolute atomic E-state index is 5.86. The first-order valence-corrected chi connectivity index (χ1v) is 6.88. The molecule has 0 N–H and O–H groups in total. The molecule has 0 saturated carbocycles. The van der Waals surface area contributed by atoms with Gasteiger partial charge in [-0.15, -0.1) is 0 Å². The van der Waals surface area contributed by atoms with Crippen molar-refractivity contribution in [3.05, 3.63) is 59.3 Å². The molecule has 0 aliphatic heterocycles. The average Bonchev–Trinajstić information content (AvgIpc) is 3.11. The van der Waals surface area contributed by atoms with Gasteiger partial charge in [0.2, 0.25) is 11.7 Å². The molecule has 0 aliphatic rings. The zero-order valence-corrected chi connectivity index (χ0v) is 12.2. The van der Waals surface area contributed by atoms with Crippen LogP contribution in [0.3, 0.4) is 0 Å². The van der Waals surface area contributed by atoms with Crippen LogP contribution >= 0.6 is 11.6 Å². The van der Waals surface area contributed by atoms with Gasteiger partial charge in [0.05, 0.1) is 19.4 Å². The molecule has 3 aromatic rings. The summed E-state index contributed by atoms with van der Waals surface area (Å²) in [6.07, 6.45) is 1.66. The van der Waals surface area contributed by atoms with Crippen LogP contribution in [0.2, 0.25) is 5.02 Å². The van der Waals surface area contributed by atoms with Crippen molar-refractivity contribution in [1.29, 1.82) is 0 Å². The zero-order valence-electron chi connectivity index (χ0n) is 11.5. The van der Waals surface area contributed by atoms with Gasteiger partial charge in [-0.05, 0) is 43.4 Å². The summed E-state index contributed by atoms with van der Waals surface area (Å²) >= 11 is 5.86. The summed E-state index contributed by atoms with van der Waals surface area (Å²) in [6.45, 7) is 1.24. The summed E-state index contributed by atoms with van der Waals surface area (Å²) in [5.41, 5.74) is 0.878. The van der Waals surface area contributed by atoms with E-state index in [4.69, 9.17) is 20.5 Å². The minimum absolute atomic E-state index is 0.557. The molecule has 2 aromatic heterocycles. The Hall–Kier alpha value is -2.11. The number of nitrogens with zero attached hydrogens (tertiary/aromatic N) is 3. The van der Waals surface area contributed by atoms with Crippen molar-refractivity contribution in [1.82, 2.24) is 15.0 Å². The third-order valence-electron chi connectivity index (χ3n) is 2.98. The van der Waals surface area contributed by atoms with Gasteiger partial charge < -0.3 is 8.94 Å². The predicted molar refractivity (Wildman–Crippen MR) is 78.6 cm³/mol. The molecule has 0 spiro atoms. The summed E-state index contributed by atoms with van der Waals surface area (Å²) in [4.78, 5) is 6.43. The molecule has 3 rings (SSSR count). The van der Waals surface area contributed by atoms with Crippen molar-refractivity contribution >= 4 is 11.6 Å². The highest BCUT2D eigenvalue weighted by Crippen LogP contribution is 2.19. The molecule has 2 heterocycles. The molecule has 0 fully saturated rings. The lowest BCUT2D eigenvalue weighted by Gasteiger charge is -2.11. The lowest BCUT2D eigenvalue weighted by Crippen LogP contribution is -2.17. The molecule has 0 bridgehead atoms. The molecule has 0 amide bonds. The SMILES string of the molecule is CN(Cc1ccco1)Cc1nc(-c2ccc(Cl)cc2)no1. The normalized spacial score (nSPS) is 11.2. The molecule has 0 aliphatic carbocycles. The highest BCUT2D eigenvalue weighted by atomic mass is 35.5. The molecule has 0 saturated heterocycles. The van der Waals surface area contributed by atoms with Crippen molar-refractivity contribution in [3.8, 4) is 11.4 Å². The first-order chi connectivity index (χ1) is 10.2. The van der Waals surface area contributed by atoms with Crippen LogP contribution in [0.4, 0.5) is 0 Å². The summed E-state index contributed by atoms with van der Waals surface area (Å²) in [5, 5.41) is 4.67. The zero-order chi connectivity index (χ0) is 14.7. The van der Waals surface area contributed by atoms with Crippen molar-refractivity contribution in [2.24, 2.45) is 0 Å². The van der Waals surface area contributed by atoms with E-state index < -0.39 is 0 Å². The number of aromatic nitrogens is 2. The largest absolute Gasteiger partial charge is 0.468 e. The van der Waals surface area contributed by atoms with Crippen LogP contribution in [0.1, 0.15) is 11.7 Å². The van der Waals surface area contributed by atoms with E-state index in [0.29, 0.717) is 29.8 Å². The number of benzene rings is 1. The Labute approximate surface area is 127 Å². The Morgan fingerprint density at radius 2 is 1.95 bits per heavy atom. The predicted octanol–water partition coefficient (Wildman–Crippen LogP) is 3.62. The van der Waals surface area contributed by atoms with Crippen LogP contribution in [0.15, 0.2) is 51.6 Å². The number of furan rings is 1. The molecule has 0 atom stereocenters. The summed E-state index contributed by atoms with van der Waals surface area (Å²) < 4.78 is 10.6. The van der Waals surface area contributed by atoms with Gasteiger partial charge in [0.15, 0.2) is 0 Å². The monoisotopic (exact) mass is 303 g/mol. The fourth-order valence-corrected chi connectivity index (χ4v) is 2.12. The molecule has 6 heteroatoms. The van der Waals surface area contributed by atoms with E-state index in [1.807, 2.05) is 36.2 Å². The van der Waals surface area contributed by atoms with E-state index >= 15 is 0 Å². The number of rotatable bonds is 5. The average molecular weight is 304 g/mol. The van der Waals surface area contributed by atoms with Crippen LogP contribution in [0.25, 0.3) is 11.4 Å². The summed E-state index contributed by atoms with van der Waals surface area (Å²) in [6, 6.07) is 11.1. The van der Waals surface area contributed by atoms with Crippen LogP contribution in [0, 0.1) is 0 Å². The van der Waals surface area contributed by atoms with Gasteiger partial charge in [-0.3, -0.25) is 4.90 Å². The second kappa shape index (κ2) is 6.11. The van der Waals surface area contributed by atoms with Gasteiger partial charge >= 0.3 is 0 Å². The van der Waals surface area contributed by atoms with Gasteiger partial charge in [0.1, 0.15) is 5.76 Å². The van der Waals surface area contributed by atoms with Crippen LogP contribution in [-0.4, -0.2) is 22.1 Å². The molecular formula is C15H14ClN3O2. The van der Waals surface area contributed by atoms with Gasteiger partial charge in [0, 0.05) is 10.6 Å². The molecule has 5 nitrogen and oxygen atoms in total. The maximum Gasteiger partial charge on any atom is 0.241 e. The fraction of sp³-hybridized carbons (Fsp3) is 0.200. The number of hydrogen-bond donors (Lipinski definition) is 0. The quantitative estimate of drug-likeness (QED) is 0.720. The Balaban J connectivity index is 1.66. The third-order valence-corrected chi connectivity index (χ3v) is 3.23. The first-order valence-electron chi connectivity index (χ1n) is 6.50. The Morgan fingerprint density at radius 3 is 2.67 bits per heavy atom. The summed E-state index contributed by atoms with van der Waals surface area (Å²) in [7, 11) is 1.97. The first kappa shape index (κ1) is 13.9. The fourth-order valence-electron chi connectivity index (χ4n) is 1.99. The Kier molecular flexibility index (Phi) is 4.03. The Morgan fingerprint density at radius 1 is 1.14 bits per heavy atom. The standard InChI is InChI=1S/C15H14ClN3O2/c1-19(9-13-3-2-8-20-13)10-14-17-15(18-21-14)11-4-6-12(16)7-5-11/h2-8H,9-10H2,1H3. The van der Waals surface area contributed by atoms with Crippen molar-refractivity contribution in [3.63, 3.8) is 0 Å². The Bertz CT molecular complexity index is 692. The van der Waals surface area contributed by atoms with Gasteiger partial charge in [0.25, 0.3) is 0 Å². The molecule has 0 radical (unpaired) electrons. The van der Waals surface area contributed by atoms with E-state index in [1.165, 1.54) is 0 Å². The van der Waals surface area contributed by atoms with Gasteiger partial charge in [-0.25, -0.2) is 0 Å². The highest BCUT2D eigenvalue weighted by Gasteiger charge is 2.11. The van der Waals surface area contributed by atoms with Crippen molar-refractivity contribution in [2.75, 3.05) is 7.05 Å². The topological polar surface area (TPSA) is 55.3 Å². The van der Waals surface area contributed by atoms with Crippen LogP contribution in [0.5, 0.6) is 0 Å². The number of hydrogen-bond acceptors (Lipinski definition) is 5. The lowest BCUT2D eigenvalue weighted by molar-refractivity contribution is 0.244. The highest BCUT2D eigenvalue weighted by molar-refractivity contribution is 6.30. The van der Waals surface area contributed by atoms with E-state index in [2.05, 4.69) is 10.1 Å². The minimum Gasteiger partial charge on any atom is -0.468 e. The second-order valence-corrected chi connectivity index (χ2v) is 5.21. The number of halogens is 1. The molecule has 108 valence electrons. The second-order valence-electron chi connectivity index (χ2n) is 4.77. The van der Waals surface area contributed by atoms with E-state index in [0.717, 1.165) is 11.3 Å². The molecule has 0 unspecified atom stereocenters. The van der Waals surface area contributed by atoms with E-state index in [9.17, 15) is 0 Å². The smallest absolute Gasteiger partial charge is 0.241 e. The molecule has 1 aromatic carbocycles. The van der Waals surface area contributed by atoms with Crippen molar-refractivity contribution in [2.45, 2.75) is 13.1 Å². The van der Waals surface area contributed by atoms with Crippen LogP contribution in [-0.2, 0) is 13.1 Å². The van der Waals surface area contributed by atoms with E-state index in [1.54, 1.807) is 18.4 Å². The maximum atomic E-state index is 5.86. The van der Waals surface area contributed by atoms with Crippen LogP contribution < -0.4 is 0 Å². The lowest BCUT2D eigenvalue weighted by atomic mass is 10.2. The summed E-state index contributed by atoms with van der Waals surface area (Å²) in [5.74, 6) is 2.03. The van der Waals surface area contributed by atoms with Gasteiger partial charge in [-0.2, -0.15) is 4.98 Å².